The van der Waals surface area contributed by atoms with Crippen molar-refractivity contribution in [2.24, 2.45) is 0 Å². The number of benzene rings is 1. The van der Waals surface area contributed by atoms with E-state index in [4.69, 9.17) is 0 Å². The molecular formula is C15H20F2N2. The van der Waals surface area contributed by atoms with Gasteiger partial charge in [-0.1, -0.05) is 0 Å². The van der Waals surface area contributed by atoms with Crippen molar-refractivity contribution in [3.05, 3.63) is 35.4 Å². The molecule has 4 heteroatoms. The fourth-order valence-electron chi connectivity index (χ4n) is 3.35. The molecule has 0 aliphatic carbocycles. The van der Waals surface area contributed by atoms with Crippen LogP contribution < -0.4 is 0 Å². The molecule has 1 aromatic carbocycles. The van der Waals surface area contributed by atoms with Gasteiger partial charge in [-0.2, -0.15) is 0 Å². The Labute approximate surface area is 113 Å². The number of hydrogen-bond donors (Lipinski definition) is 0. The maximum absolute atomic E-state index is 13.7. The fraction of sp³-hybridized carbons (Fsp3) is 0.600. The molecular weight excluding hydrogens is 246 g/mol. The van der Waals surface area contributed by atoms with E-state index in [9.17, 15) is 8.78 Å². The second-order valence-electron chi connectivity index (χ2n) is 5.81. The zero-order chi connectivity index (χ0) is 13.4. The number of nitrogens with zero attached hydrogens (tertiary/aromatic N) is 2. The molecule has 1 aromatic rings. The quantitative estimate of drug-likeness (QED) is 0.812. The van der Waals surface area contributed by atoms with Gasteiger partial charge >= 0.3 is 0 Å². The van der Waals surface area contributed by atoms with E-state index in [1.807, 2.05) is 0 Å². The van der Waals surface area contributed by atoms with Crippen molar-refractivity contribution in [3.63, 3.8) is 0 Å². The summed E-state index contributed by atoms with van der Waals surface area (Å²) in [6.45, 7) is 5.89. The third-order valence-corrected chi connectivity index (χ3v) is 4.45. The zero-order valence-electron chi connectivity index (χ0n) is 11.3. The molecule has 0 bridgehead atoms. The van der Waals surface area contributed by atoms with Gasteiger partial charge in [0, 0.05) is 37.3 Å². The summed E-state index contributed by atoms with van der Waals surface area (Å²) in [7, 11) is 0. The number of fused-ring (bicyclic) bond motifs is 1. The van der Waals surface area contributed by atoms with E-state index >= 15 is 0 Å². The lowest BCUT2D eigenvalue weighted by Crippen LogP contribution is -2.54. The third kappa shape index (κ3) is 2.65. The molecule has 0 N–H and O–H groups in total. The average molecular weight is 266 g/mol. The molecule has 0 amide bonds. The van der Waals surface area contributed by atoms with Crippen molar-refractivity contribution in [2.75, 3.05) is 19.6 Å². The second-order valence-corrected chi connectivity index (χ2v) is 5.81. The Morgan fingerprint density at radius 3 is 2.95 bits per heavy atom. The van der Waals surface area contributed by atoms with Gasteiger partial charge in [-0.25, -0.2) is 8.78 Å². The number of hydrogen-bond acceptors (Lipinski definition) is 2. The minimum absolute atomic E-state index is 0.303. The van der Waals surface area contributed by atoms with Gasteiger partial charge in [0.05, 0.1) is 0 Å². The van der Waals surface area contributed by atoms with Crippen LogP contribution in [0.2, 0.25) is 0 Å². The van der Waals surface area contributed by atoms with Crippen LogP contribution in [0.1, 0.15) is 25.3 Å². The SMILES string of the molecule is C[C@H]1CN2CCCC2CN1Cc1cc(F)ccc1F. The lowest BCUT2D eigenvalue weighted by atomic mass is 10.1. The van der Waals surface area contributed by atoms with Crippen LogP contribution >= 0.6 is 0 Å². The first-order chi connectivity index (χ1) is 9.13. The van der Waals surface area contributed by atoms with Gasteiger partial charge in [-0.15, -0.1) is 0 Å². The Morgan fingerprint density at radius 2 is 2.11 bits per heavy atom. The van der Waals surface area contributed by atoms with E-state index in [-0.39, 0.29) is 11.6 Å². The predicted molar refractivity (Wildman–Crippen MR) is 70.8 cm³/mol. The van der Waals surface area contributed by atoms with Crippen LogP contribution in [0, 0.1) is 11.6 Å². The van der Waals surface area contributed by atoms with Crippen LogP contribution in [-0.4, -0.2) is 41.5 Å². The van der Waals surface area contributed by atoms with Crippen molar-refractivity contribution < 1.29 is 8.78 Å². The van der Waals surface area contributed by atoms with Gasteiger partial charge in [-0.3, -0.25) is 9.80 Å². The number of halogens is 2. The van der Waals surface area contributed by atoms with Gasteiger partial charge in [0.1, 0.15) is 11.6 Å². The van der Waals surface area contributed by atoms with Crippen LogP contribution in [0.3, 0.4) is 0 Å². The molecule has 1 unspecified atom stereocenters. The molecule has 0 spiro atoms. The minimum atomic E-state index is -0.358. The highest BCUT2D eigenvalue weighted by molar-refractivity contribution is 5.19. The standard InChI is InChI=1S/C15H20F2N2/c1-11-8-18-6-2-3-14(18)10-19(11)9-12-7-13(16)4-5-15(12)17/h4-5,7,11,14H,2-3,6,8-10H2,1H3/t11-,14?/m0/s1. The third-order valence-electron chi connectivity index (χ3n) is 4.45. The zero-order valence-corrected chi connectivity index (χ0v) is 11.3. The highest BCUT2D eigenvalue weighted by Gasteiger charge is 2.34. The maximum atomic E-state index is 13.7. The van der Waals surface area contributed by atoms with Crippen molar-refractivity contribution in [2.45, 2.75) is 38.4 Å². The molecule has 0 saturated carbocycles. The maximum Gasteiger partial charge on any atom is 0.127 e. The number of rotatable bonds is 2. The summed E-state index contributed by atoms with van der Waals surface area (Å²) >= 11 is 0. The Hall–Kier alpha value is -1.00. The van der Waals surface area contributed by atoms with Gasteiger partial charge < -0.3 is 0 Å². The molecule has 0 aromatic heterocycles. The molecule has 2 aliphatic rings. The Balaban J connectivity index is 1.73. The molecule has 2 atom stereocenters. The van der Waals surface area contributed by atoms with E-state index in [1.165, 1.54) is 37.6 Å². The molecule has 2 aliphatic heterocycles. The summed E-state index contributed by atoms with van der Waals surface area (Å²) in [5.41, 5.74) is 0.471. The van der Waals surface area contributed by atoms with E-state index < -0.39 is 0 Å². The van der Waals surface area contributed by atoms with Crippen molar-refractivity contribution in [3.8, 4) is 0 Å². The molecule has 2 fully saturated rings. The van der Waals surface area contributed by atoms with E-state index in [2.05, 4.69) is 16.7 Å². The summed E-state index contributed by atoms with van der Waals surface area (Å²) in [6, 6.07) is 4.73. The monoisotopic (exact) mass is 266 g/mol. The van der Waals surface area contributed by atoms with Crippen LogP contribution in [-0.2, 0) is 6.54 Å². The average Bonchev–Trinajstić information content (AvgIpc) is 2.81. The minimum Gasteiger partial charge on any atom is -0.298 e. The molecule has 2 nitrogen and oxygen atoms in total. The first-order valence-electron chi connectivity index (χ1n) is 7.05. The number of piperazine rings is 1. The van der Waals surface area contributed by atoms with Gasteiger partial charge in [0.2, 0.25) is 0 Å². The van der Waals surface area contributed by atoms with E-state index in [1.54, 1.807) is 0 Å². The van der Waals surface area contributed by atoms with Gasteiger partial charge in [0.15, 0.2) is 0 Å². The molecule has 2 heterocycles. The van der Waals surface area contributed by atoms with Gasteiger partial charge in [0.25, 0.3) is 0 Å². The van der Waals surface area contributed by atoms with E-state index in [0.29, 0.717) is 24.2 Å². The first-order valence-corrected chi connectivity index (χ1v) is 7.05. The highest BCUT2D eigenvalue weighted by Crippen LogP contribution is 2.26. The summed E-state index contributed by atoms with van der Waals surface area (Å²) < 4.78 is 26.9. The van der Waals surface area contributed by atoms with E-state index in [0.717, 1.165) is 13.1 Å². The fourth-order valence-corrected chi connectivity index (χ4v) is 3.35. The largest absolute Gasteiger partial charge is 0.298 e. The van der Waals surface area contributed by atoms with Crippen molar-refractivity contribution >= 4 is 0 Å². The Morgan fingerprint density at radius 1 is 1.26 bits per heavy atom. The van der Waals surface area contributed by atoms with Crippen molar-refractivity contribution in [1.82, 2.24) is 9.80 Å². The summed E-state index contributed by atoms with van der Waals surface area (Å²) in [6.07, 6.45) is 2.49. The molecule has 0 radical (unpaired) electrons. The van der Waals surface area contributed by atoms with Gasteiger partial charge in [-0.05, 0) is 44.5 Å². The first kappa shape index (κ1) is 13.0. The summed E-state index contributed by atoms with van der Waals surface area (Å²) in [5.74, 6) is -0.661. The second kappa shape index (κ2) is 5.17. The highest BCUT2D eigenvalue weighted by atomic mass is 19.1. The van der Waals surface area contributed by atoms with Crippen LogP contribution in [0.25, 0.3) is 0 Å². The summed E-state index contributed by atoms with van der Waals surface area (Å²) in [5, 5.41) is 0. The normalized spacial score (nSPS) is 28.6. The topological polar surface area (TPSA) is 6.48 Å². The van der Waals surface area contributed by atoms with Crippen LogP contribution in [0.4, 0.5) is 8.78 Å². The predicted octanol–water partition coefficient (Wildman–Crippen LogP) is 2.63. The lowest BCUT2D eigenvalue weighted by Gasteiger charge is -2.42. The molecule has 3 rings (SSSR count). The summed E-state index contributed by atoms with van der Waals surface area (Å²) in [4.78, 5) is 4.81. The molecule has 2 saturated heterocycles. The smallest absolute Gasteiger partial charge is 0.127 e. The molecule has 104 valence electrons. The Kier molecular flexibility index (Phi) is 3.54. The lowest BCUT2D eigenvalue weighted by molar-refractivity contribution is 0.0532. The van der Waals surface area contributed by atoms with Crippen molar-refractivity contribution in [1.29, 1.82) is 0 Å². The van der Waals surface area contributed by atoms with Crippen LogP contribution in [0.15, 0.2) is 18.2 Å². The Bertz CT molecular complexity index is 463. The molecule has 19 heavy (non-hydrogen) atoms. The van der Waals surface area contributed by atoms with Crippen LogP contribution in [0.5, 0.6) is 0 Å².